The summed E-state index contributed by atoms with van der Waals surface area (Å²) in [5.41, 5.74) is 0.680. The van der Waals surface area contributed by atoms with E-state index in [-0.39, 0.29) is 42.0 Å². The first kappa shape index (κ1) is 18.9. The number of carbonyl (C=O) groups is 2. The molecule has 1 amide bonds. The van der Waals surface area contributed by atoms with Gasteiger partial charge in [0, 0.05) is 19.0 Å². The Morgan fingerprint density at radius 1 is 1.20 bits per heavy atom. The molecule has 1 fully saturated rings. The minimum Gasteiger partial charge on any atom is -0.502 e. The van der Waals surface area contributed by atoms with E-state index < -0.39 is 5.97 Å². The maximum atomic E-state index is 12.7. The number of benzene rings is 1. The summed E-state index contributed by atoms with van der Waals surface area (Å²) in [6.45, 7) is 0.648. The molecule has 1 aliphatic rings. The van der Waals surface area contributed by atoms with Crippen LogP contribution in [0.1, 0.15) is 37.7 Å². The Labute approximate surface area is 147 Å². The van der Waals surface area contributed by atoms with Gasteiger partial charge in [-0.05, 0) is 43.4 Å². The molecule has 7 heteroatoms. The molecule has 0 radical (unpaired) electrons. The van der Waals surface area contributed by atoms with Crippen LogP contribution < -0.4 is 9.47 Å². The van der Waals surface area contributed by atoms with Crippen molar-refractivity contribution in [3.8, 4) is 17.2 Å². The molecule has 1 unspecified atom stereocenters. The van der Waals surface area contributed by atoms with Crippen molar-refractivity contribution in [1.82, 2.24) is 4.90 Å². The summed E-state index contributed by atoms with van der Waals surface area (Å²) in [5, 5.41) is 18.8. The van der Waals surface area contributed by atoms with E-state index in [4.69, 9.17) is 14.6 Å². The maximum absolute atomic E-state index is 12.7. The van der Waals surface area contributed by atoms with Crippen LogP contribution in [-0.4, -0.2) is 53.8 Å². The maximum Gasteiger partial charge on any atom is 0.303 e. The van der Waals surface area contributed by atoms with E-state index in [0.29, 0.717) is 18.5 Å². The molecule has 1 aromatic rings. The van der Waals surface area contributed by atoms with Gasteiger partial charge in [0.05, 0.1) is 20.6 Å². The number of aliphatic carboxylic acids is 1. The highest BCUT2D eigenvalue weighted by Crippen LogP contribution is 2.37. The van der Waals surface area contributed by atoms with Crippen LogP contribution in [0.5, 0.6) is 17.2 Å². The third kappa shape index (κ3) is 4.78. The minimum atomic E-state index is -0.842. The van der Waals surface area contributed by atoms with Crippen LogP contribution in [0, 0.1) is 0 Å². The summed E-state index contributed by atoms with van der Waals surface area (Å²) in [6.07, 6.45) is 3.46. The molecule has 1 atom stereocenters. The van der Waals surface area contributed by atoms with Crippen LogP contribution in [-0.2, 0) is 16.0 Å². The van der Waals surface area contributed by atoms with Crippen LogP contribution in [0.15, 0.2) is 12.1 Å². The third-order valence-corrected chi connectivity index (χ3v) is 4.53. The van der Waals surface area contributed by atoms with E-state index in [9.17, 15) is 14.7 Å². The molecule has 1 saturated heterocycles. The Morgan fingerprint density at radius 3 is 2.40 bits per heavy atom. The van der Waals surface area contributed by atoms with Crippen molar-refractivity contribution in [2.24, 2.45) is 0 Å². The summed E-state index contributed by atoms with van der Waals surface area (Å²) in [6, 6.07) is 3.20. The van der Waals surface area contributed by atoms with Crippen molar-refractivity contribution in [3.05, 3.63) is 17.7 Å². The lowest BCUT2D eigenvalue weighted by Crippen LogP contribution is -2.44. The zero-order chi connectivity index (χ0) is 18.4. The molecule has 138 valence electrons. The molecular weight excluding hydrogens is 326 g/mol. The number of phenols is 1. The molecule has 1 aromatic carbocycles. The normalized spacial score (nSPS) is 17.2. The predicted molar refractivity (Wildman–Crippen MR) is 91.1 cm³/mol. The number of ether oxygens (including phenoxy) is 2. The number of hydrogen-bond donors (Lipinski definition) is 2. The van der Waals surface area contributed by atoms with Gasteiger partial charge in [-0.15, -0.1) is 0 Å². The highest BCUT2D eigenvalue weighted by Gasteiger charge is 2.27. The average molecular weight is 351 g/mol. The van der Waals surface area contributed by atoms with E-state index in [1.54, 1.807) is 17.0 Å². The van der Waals surface area contributed by atoms with Gasteiger partial charge < -0.3 is 24.6 Å². The number of rotatable bonds is 7. The van der Waals surface area contributed by atoms with Crippen LogP contribution in [0.25, 0.3) is 0 Å². The van der Waals surface area contributed by atoms with E-state index in [0.717, 1.165) is 19.3 Å². The molecule has 7 nitrogen and oxygen atoms in total. The number of piperidine rings is 1. The molecule has 0 spiro atoms. The average Bonchev–Trinajstić information content (AvgIpc) is 2.61. The first-order valence-electron chi connectivity index (χ1n) is 8.41. The van der Waals surface area contributed by atoms with Crippen molar-refractivity contribution in [2.45, 2.75) is 44.6 Å². The number of amides is 1. The van der Waals surface area contributed by atoms with Gasteiger partial charge in [0.1, 0.15) is 0 Å². The molecule has 0 bridgehead atoms. The van der Waals surface area contributed by atoms with Gasteiger partial charge in [-0.2, -0.15) is 0 Å². The van der Waals surface area contributed by atoms with Crippen LogP contribution >= 0.6 is 0 Å². The van der Waals surface area contributed by atoms with E-state index in [2.05, 4.69) is 0 Å². The lowest BCUT2D eigenvalue weighted by atomic mass is 9.97. The summed E-state index contributed by atoms with van der Waals surface area (Å²) < 4.78 is 10.2. The molecule has 1 aliphatic heterocycles. The Kier molecular flexibility index (Phi) is 6.50. The van der Waals surface area contributed by atoms with Gasteiger partial charge in [0.25, 0.3) is 0 Å². The fourth-order valence-electron chi connectivity index (χ4n) is 3.25. The number of aromatic hydroxyl groups is 1. The van der Waals surface area contributed by atoms with Gasteiger partial charge >= 0.3 is 5.97 Å². The number of phenolic OH excluding ortho intramolecular Hbond substituents is 1. The third-order valence-electron chi connectivity index (χ3n) is 4.53. The second-order valence-corrected chi connectivity index (χ2v) is 6.19. The summed E-state index contributed by atoms with van der Waals surface area (Å²) in [7, 11) is 2.87. The molecular formula is C18H25NO6. The fraction of sp³-hybridized carbons (Fsp3) is 0.556. The molecule has 25 heavy (non-hydrogen) atoms. The summed E-state index contributed by atoms with van der Waals surface area (Å²) in [5.74, 6) is -0.485. The second-order valence-electron chi connectivity index (χ2n) is 6.19. The van der Waals surface area contributed by atoms with Crippen molar-refractivity contribution >= 4 is 11.9 Å². The van der Waals surface area contributed by atoms with Gasteiger partial charge in [0.15, 0.2) is 11.5 Å². The van der Waals surface area contributed by atoms with Crippen LogP contribution in [0.3, 0.4) is 0 Å². The molecule has 1 heterocycles. The predicted octanol–water partition coefficient (Wildman–Crippen LogP) is 2.20. The minimum absolute atomic E-state index is 0.0294. The standard InChI is InChI=1S/C18H25NO6/c1-24-14-9-12(10-15(25-2)18(14)23)11-16(20)19-8-4-3-5-13(19)6-7-17(21)22/h9-10,13,23H,3-8,11H2,1-2H3,(H,21,22). The molecule has 0 aliphatic carbocycles. The summed E-state index contributed by atoms with van der Waals surface area (Å²) in [4.78, 5) is 25.4. The topological polar surface area (TPSA) is 96.3 Å². The smallest absolute Gasteiger partial charge is 0.303 e. The number of carboxylic acid groups (broad SMARTS) is 1. The molecule has 0 saturated carbocycles. The monoisotopic (exact) mass is 351 g/mol. The van der Waals surface area contributed by atoms with Gasteiger partial charge in [0.2, 0.25) is 11.7 Å². The number of hydrogen-bond acceptors (Lipinski definition) is 5. The van der Waals surface area contributed by atoms with Crippen molar-refractivity contribution < 1.29 is 29.3 Å². The lowest BCUT2D eigenvalue weighted by Gasteiger charge is -2.36. The van der Waals surface area contributed by atoms with Crippen LogP contribution in [0.2, 0.25) is 0 Å². The van der Waals surface area contributed by atoms with E-state index in [1.807, 2.05) is 0 Å². The highest BCUT2D eigenvalue weighted by atomic mass is 16.5. The zero-order valence-electron chi connectivity index (χ0n) is 14.7. The SMILES string of the molecule is COc1cc(CC(=O)N2CCCCC2CCC(=O)O)cc(OC)c1O. The van der Waals surface area contributed by atoms with Crippen molar-refractivity contribution in [1.29, 1.82) is 0 Å². The second kappa shape index (κ2) is 8.60. The van der Waals surface area contributed by atoms with Gasteiger partial charge in [-0.25, -0.2) is 0 Å². The number of carbonyl (C=O) groups excluding carboxylic acids is 1. The number of carboxylic acids is 1. The zero-order valence-corrected chi connectivity index (χ0v) is 14.7. The molecule has 2 N–H and O–H groups in total. The lowest BCUT2D eigenvalue weighted by molar-refractivity contribution is -0.139. The highest BCUT2D eigenvalue weighted by molar-refractivity contribution is 5.80. The summed E-state index contributed by atoms with van der Waals surface area (Å²) >= 11 is 0. The Balaban J connectivity index is 2.12. The van der Waals surface area contributed by atoms with Crippen molar-refractivity contribution in [2.75, 3.05) is 20.8 Å². The largest absolute Gasteiger partial charge is 0.502 e. The number of methoxy groups -OCH3 is 2. The Morgan fingerprint density at radius 2 is 1.84 bits per heavy atom. The first-order valence-corrected chi connectivity index (χ1v) is 8.41. The Bertz CT molecular complexity index is 605. The van der Waals surface area contributed by atoms with Crippen LogP contribution in [0.4, 0.5) is 0 Å². The van der Waals surface area contributed by atoms with E-state index >= 15 is 0 Å². The van der Waals surface area contributed by atoms with Gasteiger partial charge in [-0.1, -0.05) is 0 Å². The first-order chi connectivity index (χ1) is 12.0. The number of nitrogens with zero attached hydrogens (tertiary/aromatic N) is 1. The van der Waals surface area contributed by atoms with Crippen molar-refractivity contribution in [3.63, 3.8) is 0 Å². The number of likely N-dealkylation sites (tertiary alicyclic amines) is 1. The molecule has 2 rings (SSSR count). The van der Waals surface area contributed by atoms with E-state index in [1.165, 1.54) is 14.2 Å². The fourth-order valence-corrected chi connectivity index (χ4v) is 3.25. The van der Waals surface area contributed by atoms with Gasteiger partial charge in [-0.3, -0.25) is 9.59 Å². The quantitative estimate of drug-likeness (QED) is 0.782. The molecule has 0 aromatic heterocycles. The Hall–Kier alpha value is -2.44.